The lowest BCUT2D eigenvalue weighted by Crippen LogP contribution is -2.49. The van der Waals surface area contributed by atoms with Gasteiger partial charge < -0.3 is 10.2 Å². The summed E-state index contributed by atoms with van der Waals surface area (Å²) in [6, 6.07) is 28.0. The number of hydrogen-bond donors (Lipinski definition) is 1. The second kappa shape index (κ2) is 12.9. The van der Waals surface area contributed by atoms with E-state index < -0.39 is 6.04 Å². The summed E-state index contributed by atoms with van der Waals surface area (Å²) < 4.78 is 0. The van der Waals surface area contributed by atoms with Gasteiger partial charge in [0.05, 0.1) is 0 Å². The number of nitrogens with one attached hydrogen (secondary N) is 1. The molecule has 3 aromatic rings. The SMILES string of the molecule is CC[C@@H](C(=O)NCC(C)C)N(Cc1ccc(C)cc1)C(=O)CC(c1ccccc1)c1ccccc1. The van der Waals surface area contributed by atoms with E-state index in [2.05, 4.69) is 55.6 Å². The van der Waals surface area contributed by atoms with Crippen LogP contribution in [0.5, 0.6) is 0 Å². The van der Waals surface area contributed by atoms with Crippen LogP contribution in [0.3, 0.4) is 0 Å². The topological polar surface area (TPSA) is 49.4 Å². The van der Waals surface area contributed by atoms with Crippen LogP contribution in [0.1, 0.15) is 61.8 Å². The predicted octanol–water partition coefficient (Wildman–Crippen LogP) is 6.10. The molecule has 0 aliphatic heterocycles. The highest BCUT2D eigenvalue weighted by Crippen LogP contribution is 2.29. The molecule has 0 unspecified atom stereocenters. The molecule has 0 heterocycles. The van der Waals surface area contributed by atoms with Crippen LogP contribution < -0.4 is 5.32 Å². The van der Waals surface area contributed by atoms with Gasteiger partial charge in [0.2, 0.25) is 11.8 Å². The minimum atomic E-state index is -0.519. The number of carbonyl (C=O) groups excluding carboxylic acids is 2. The van der Waals surface area contributed by atoms with Crippen molar-refractivity contribution in [3.8, 4) is 0 Å². The summed E-state index contributed by atoms with van der Waals surface area (Å²) in [6.07, 6.45) is 0.858. The van der Waals surface area contributed by atoms with Crippen LogP contribution in [0.2, 0.25) is 0 Å². The first-order valence-electron chi connectivity index (χ1n) is 12.6. The molecule has 0 aromatic heterocycles. The molecule has 2 amide bonds. The zero-order chi connectivity index (χ0) is 25.2. The van der Waals surface area contributed by atoms with Crippen LogP contribution in [-0.4, -0.2) is 29.3 Å². The van der Waals surface area contributed by atoms with Crippen molar-refractivity contribution in [2.45, 2.75) is 59.0 Å². The second-order valence-electron chi connectivity index (χ2n) is 9.65. The highest BCUT2D eigenvalue weighted by molar-refractivity contribution is 5.88. The van der Waals surface area contributed by atoms with Gasteiger partial charge in [0.25, 0.3) is 0 Å². The van der Waals surface area contributed by atoms with Gasteiger partial charge in [-0.25, -0.2) is 0 Å². The Morgan fingerprint density at radius 3 is 1.86 bits per heavy atom. The van der Waals surface area contributed by atoms with Gasteiger partial charge in [-0.1, -0.05) is 111 Å². The quantitative estimate of drug-likeness (QED) is 0.368. The Bertz CT molecular complexity index is 1020. The maximum Gasteiger partial charge on any atom is 0.242 e. The second-order valence-corrected chi connectivity index (χ2v) is 9.65. The molecule has 0 bridgehead atoms. The number of amides is 2. The summed E-state index contributed by atoms with van der Waals surface area (Å²) in [5.41, 5.74) is 4.39. The number of nitrogens with zero attached hydrogens (tertiary/aromatic N) is 1. The van der Waals surface area contributed by atoms with Crippen molar-refractivity contribution in [2.75, 3.05) is 6.54 Å². The van der Waals surface area contributed by atoms with Crippen LogP contribution in [0.4, 0.5) is 0 Å². The van der Waals surface area contributed by atoms with Crippen LogP contribution in [0, 0.1) is 12.8 Å². The molecule has 0 spiro atoms. The molecule has 0 fully saturated rings. The Labute approximate surface area is 210 Å². The molecule has 0 aliphatic rings. The third-order valence-electron chi connectivity index (χ3n) is 6.33. The summed E-state index contributed by atoms with van der Waals surface area (Å²) in [5.74, 6) is 0.160. The lowest BCUT2D eigenvalue weighted by Gasteiger charge is -2.32. The van der Waals surface area contributed by atoms with Crippen LogP contribution >= 0.6 is 0 Å². The van der Waals surface area contributed by atoms with E-state index in [9.17, 15) is 9.59 Å². The van der Waals surface area contributed by atoms with Gasteiger partial charge in [0.15, 0.2) is 0 Å². The molecular formula is C31H38N2O2. The third-order valence-corrected chi connectivity index (χ3v) is 6.33. The number of carbonyl (C=O) groups is 2. The van der Waals surface area contributed by atoms with Crippen LogP contribution in [0.25, 0.3) is 0 Å². The standard InChI is InChI=1S/C31H38N2O2/c1-5-29(31(35)32-21-23(2)3)33(22-25-18-16-24(4)17-19-25)30(34)20-28(26-12-8-6-9-13-26)27-14-10-7-11-15-27/h6-19,23,28-29H,5,20-22H2,1-4H3,(H,32,35)/t29-/m0/s1. The average Bonchev–Trinajstić information content (AvgIpc) is 2.88. The first kappa shape index (κ1) is 26.2. The van der Waals surface area contributed by atoms with Gasteiger partial charge in [-0.15, -0.1) is 0 Å². The van der Waals surface area contributed by atoms with E-state index in [1.807, 2.05) is 62.4 Å². The van der Waals surface area contributed by atoms with Crippen molar-refractivity contribution in [3.63, 3.8) is 0 Å². The monoisotopic (exact) mass is 470 g/mol. The first-order chi connectivity index (χ1) is 16.9. The fraction of sp³-hybridized carbons (Fsp3) is 0.355. The van der Waals surface area contributed by atoms with E-state index in [0.29, 0.717) is 31.8 Å². The van der Waals surface area contributed by atoms with Gasteiger partial charge >= 0.3 is 0 Å². The highest BCUT2D eigenvalue weighted by Gasteiger charge is 2.30. The van der Waals surface area contributed by atoms with Crippen molar-refractivity contribution in [3.05, 3.63) is 107 Å². The summed E-state index contributed by atoms with van der Waals surface area (Å²) >= 11 is 0. The molecule has 3 aromatic carbocycles. The minimum absolute atomic E-state index is 0.0187. The van der Waals surface area contributed by atoms with Crippen molar-refractivity contribution >= 4 is 11.8 Å². The molecule has 1 atom stereocenters. The van der Waals surface area contributed by atoms with Crippen molar-refractivity contribution < 1.29 is 9.59 Å². The molecule has 0 radical (unpaired) electrons. The lowest BCUT2D eigenvalue weighted by molar-refractivity contribution is -0.141. The normalized spacial score (nSPS) is 11.9. The molecule has 4 heteroatoms. The molecule has 0 aliphatic carbocycles. The molecule has 3 rings (SSSR count). The van der Waals surface area contributed by atoms with Gasteiger partial charge in [0.1, 0.15) is 6.04 Å². The Hall–Kier alpha value is -3.40. The number of rotatable bonds is 11. The fourth-order valence-corrected chi connectivity index (χ4v) is 4.32. The van der Waals surface area contributed by atoms with Gasteiger partial charge in [-0.2, -0.15) is 0 Å². The Morgan fingerprint density at radius 1 is 0.829 bits per heavy atom. The summed E-state index contributed by atoms with van der Waals surface area (Å²) in [5, 5.41) is 3.05. The Balaban J connectivity index is 1.92. The summed E-state index contributed by atoms with van der Waals surface area (Å²) in [7, 11) is 0. The molecule has 4 nitrogen and oxygen atoms in total. The zero-order valence-electron chi connectivity index (χ0n) is 21.4. The first-order valence-corrected chi connectivity index (χ1v) is 12.6. The summed E-state index contributed by atoms with van der Waals surface area (Å²) in [6.45, 7) is 9.16. The molecule has 0 saturated heterocycles. The lowest BCUT2D eigenvalue weighted by atomic mass is 9.88. The molecule has 1 N–H and O–H groups in total. The number of benzene rings is 3. The maximum absolute atomic E-state index is 14.0. The van der Waals surface area contributed by atoms with Gasteiger partial charge in [0, 0.05) is 25.4 Å². The van der Waals surface area contributed by atoms with E-state index in [4.69, 9.17) is 0 Å². The summed E-state index contributed by atoms with van der Waals surface area (Å²) in [4.78, 5) is 28.9. The van der Waals surface area contributed by atoms with E-state index in [1.54, 1.807) is 4.90 Å². The van der Waals surface area contributed by atoms with Crippen molar-refractivity contribution in [1.82, 2.24) is 10.2 Å². The third kappa shape index (κ3) is 7.54. The molecule has 184 valence electrons. The minimum Gasteiger partial charge on any atom is -0.354 e. The van der Waals surface area contributed by atoms with Gasteiger partial charge in [-0.3, -0.25) is 9.59 Å². The number of aryl methyl sites for hydroxylation is 1. The molecule has 0 saturated carbocycles. The molecular weight excluding hydrogens is 432 g/mol. The molecule has 35 heavy (non-hydrogen) atoms. The number of hydrogen-bond acceptors (Lipinski definition) is 2. The van der Waals surface area contributed by atoms with E-state index >= 15 is 0 Å². The van der Waals surface area contributed by atoms with E-state index in [1.165, 1.54) is 5.56 Å². The van der Waals surface area contributed by atoms with E-state index in [0.717, 1.165) is 16.7 Å². The zero-order valence-corrected chi connectivity index (χ0v) is 21.4. The van der Waals surface area contributed by atoms with E-state index in [-0.39, 0.29) is 17.7 Å². The highest BCUT2D eigenvalue weighted by atomic mass is 16.2. The largest absolute Gasteiger partial charge is 0.354 e. The fourth-order valence-electron chi connectivity index (χ4n) is 4.32. The predicted molar refractivity (Wildman–Crippen MR) is 143 cm³/mol. The Kier molecular flexibility index (Phi) is 9.66. The van der Waals surface area contributed by atoms with Gasteiger partial charge in [-0.05, 0) is 36.0 Å². The van der Waals surface area contributed by atoms with Crippen molar-refractivity contribution in [1.29, 1.82) is 0 Å². The maximum atomic E-state index is 14.0. The van der Waals surface area contributed by atoms with Crippen molar-refractivity contribution in [2.24, 2.45) is 5.92 Å². The average molecular weight is 471 g/mol. The van der Waals surface area contributed by atoms with Crippen LogP contribution in [-0.2, 0) is 16.1 Å². The van der Waals surface area contributed by atoms with Crippen LogP contribution in [0.15, 0.2) is 84.9 Å². The Morgan fingerprint density at radius 2 is 1.37 bits per heavy atom. The smallest absolute Gasteiger partial charge is 0.242 e.